The van der Waals surface area contributed by atoms with E-state index < -0.39 is 5.97 Å². The first-order valence-corrected chi connectivity index (χ1v) is 6.00. The molecule has 6 heteroatoms. The number of aromatic carboxylic acids is 1. The lowest BCUT2D eigenvalue weighted by Crippen LogP contribution is -2.06. The van der Waals surface area contributed by atoms with E-state index in [4.69, 9.17) is 5.11 Å². The molecular formula is C12H10BrN3O2. The van der Waals surface area contributed by atoms with Gasteiger partial charge in [0.25, 0.3) is 0 Å². The van der Waals surface area contributed by atoms with Gasteiger partial charge in [-0.05, 0) is 29.8 Å². The minimum absolute atomic E-state index is 0.0656. The summed E-state index contributed by atoms with van der Waals surface area (Å²) in [6, 6.07) is 10.9. The van der Waals surface area contributed by atoms with E-state index in [0.29, 0.717) is 12.4 Å². The molecule has 0 aliphatic carbocycles. The first-order chi connectivity index (χ1) is 8.65. The Hall–Kier alpha value is -1.95. The number of hydrogen-bond donors (Lipinski definition) is 2. The van der Waals surface area contributed by atoms with Crippen molar-refractivity contribution >= 4 is 27.7 Å². The van der Waals surface area contributed by atoms with Crippen molar-refractivity contribution in [2.45, 2.75) is 6.54 Å². The van der Waals surface area contributed by atoms with Crippen LogP contribution in [-0.2, 0) is 6.54 Å². The quantitative estimate of drug-likeness (QED) is 0.908. The van der Waals surface area contributed by atoms with Crippen LogP contribution in [0.5, 0.6) is 0 Å². The summed E-state index contributed by atoms with van der Waals surface area (Å²) in [4.78, 5) is 10.6. The number of nitrogens with zero attached hydrogens (tertiary/aromatic N) is 2. The summed E-state index contributed by atoms with van der Waals surface area (Å²) in [5, 5.41) is 19.1. The van der Waals surface area contributed by atoms with Crippen LogP contribution in [0.1, 0.15) is 16.1 Å². The minimum atomic E-state index is -1.08. The van der Waals surface area contributed by atoms with Gasteiger partial charge in [0.2, 0.25) is 0 Å². The summed E-state index contributed by atoms with van der Waals surface area (Å²) in [5.41, 5.74) is 1.03. The monoisotopic (exact) mass is 307 g/mol. The van der Waals surface area contributed by atoms with E-state index in [1.807, 2.05) is 24.3 Å². The second-order valence-electron chi connectivity index (χ2n) is 3.59. The van der Waals surface area contributed by atoms with Crippen LogP contribution in [-0.4, -0.2) is 21.3 Å². The molecule has 2 N–H and O–H groups in total. The third-order valence-electron chi connectivity index (χ3n) is 2.27. The van der Waals surface area contributed by atoms with E-state index in [9.17, 15) is 4.79 Å². The highest BCUT2D eigenvalue weighted by molar-refractivity contribution is 9.10. The molecule has 5 nitrogen and oxygen atoms in total. The van der Waals surface area contributed by atoms with Gasteiger partial charge in [-0.15, -0.1) is 10.2 Å². The summed E-state index contributed by atoms with van der Waals surface area (Å²) in [6.07, 6.45) is 0. The van der Waals surface area contributed by atoms with Gasteiger partial charge >= 0.3 is 5.97 Å². The highest BCUT2D eigenvalue weighted by atomic mass is 79.9. The lowest BCUT2D eigenvalue weighted by molar-refractivity contribution is 0.0689. The van der Waals surface area contributed by atoms with Crippen LogP contribution in [0.25, 0.3) is 0 Å². The van der Waals surface area contributed by atoms with Crippen molar-refractivity contribution in [1.29, 1.82) is 0 Å². The Bertz CT molecular complexity index is 540. The molecule has 92 valence electrons. The van der Waals surface area contributed by atoms with E-state index in [-0.39, 0.29) is 5.69 Å². The van der Waals surface area contributed by atoms with Gasteiger partial charge in [-0.3, -0.25) is 0 Å². The number of anilines is 1. The van der Waals surface area contributed by atoms with Crippen LogP contribution >= 0.6 is 15.9 Å². The van der Waals surface area contributed by atoms with Crippen LogP contribution in [0.2, 0.25) is 0 Å². The first-order valence-electron chi connectivity index (χ1n) is 5.20. The Morgan fingerprint density at radius 3 is 2.44 bits per heavy atom. The zero-order chi connectivity index (χ0) is 13.0. The minimum Gasteiger partial charge on any atom is -0.476 e. The standard InChI is InChI=1S/C12H10BrN3O2/c13-9-3-1-8(2-4-9)7-14-11-6-5-10(12(17)18)15-16-11/h1-6H,7H2,(H,14,16)(H,17,18). The average molecular weight is 308 g/mol. The summed E-state index contributed by atoms with van der Waals surface area (Å²) >= 11 is 3.36. The summed E-state index contributed by atoms with van der Waals surface area (Å²) < 4.78 is 1.02. The number of carboxylic acids is 1. The zero-order valence-electron chi connectivity index (χ0n) is 9.30. The van der Waals surface area contributed by atoms with Crippen LogP contribution in [0.15, 0.2) is 40.9 Å². The zero-order valence-corrected chi connectivity index (χ0v) is 10.9. The van der Waals surface area contributed by atoms with E-state index in [0.717, 1.165) is 10.0 Å². The number of aromatic nitrogens is 2. The fraction of sp³-hybridized carbons (Fsp3) is 0.0833. The maximum Gasteiger partial charge on any atom is 0.356 e. The van der Waals surface area contributed by atoms with Crippen molar-refractivity contribution < 1.29 is 9.90 Å². The van der Waals surface area contributed by atoms with Gasteiger partial charge in [-0.25, -0.2) is 4.79 Å². The predicted octanol–water partition coefficient (Wildman–Crippen LogP) is 2.55. The Morgan fingerprint density at radius 1 is 1.17 bits per heavy atom. The molecule has 2 aromatic rings. The van der Waals surface area contributed by atoms with Crippen molar-refractivity contribution in [3.05, 3.63) is 52.1 Å². The van der Waals surface area contributed by atoms with Gasteiger partial charge in [0.05, 0.1) is 0 Å². The number of hydrogen-bond acceptors (Lipinski definition) is 4. The molecule has 2 rings (SSSR count). The fourth-order valence-corrected chi connectivity index (χ4v) is 1.60. The number of nitrogens with one attached hydrogen (secondary N) is 1. The molecule has 0 saturated carbocycles. The molecule has 0 saturated heterocycles. The van der Waals surface area contributed by atoms with Crippen molar-refractivity contribution in [3.63, 3.8) is 0 Å². The van der Waals surface area contributed by atoms with Crippen LogP contribution in [0, 0.1) is 0 Å². The third kappa shape index (κ3) is 3.27. The van der Waals surface area contributed by atoms with Gasteiger partial charge in [0.1, 0.15) is 5.82 Å². The molecule has 0 aliphatic heterocycles. The smallest absolute Gasteiger partial charge is 0.356 e. The second kappa shape index (κ2) is 5.59. The van der Waals surface area contributed by atoms with Gasteiger partial charge < -0.3 is 10.4 Å². The van der Waals surface area contributed by atoms with Gasteiger partial charge in [0, 0.05) is 11.0 Å². The van der Waals surface area contributed by atoms with Gasteiger partial charge in [-0.1, -0.05) is 28.1 Å². The normalized spacial score (nSPS) is 10.1. The predicted molar refractivity (Wildman–Crippen MR) is 70.5 cm³/mol. The number of rotatable bonds is 4. The lowest BCUT2D eigenvalue weighted by atomic mass is 10.2. The van der Waals surface area contributed by atoms with Crippen LogP contribution < -0.4 is 5.32 Å². The molecule has 0 spiro atoms. The highest BCUT2D eigenvalue weighted by Crippen LogP contribution is 2.11. The van der Waals surface area contributed by atoms with E-state index in [1.54, 1.807) is 6.07 Å². The van der Waals surface area contributed by atoms with Crippen molar-refractivity contribution in [2.24, 2.45) is 0 Å². The first kappa shape index (κ1) is 12.5. The largest absolute Gasteiger partial charge is 0.476 e. The Labute approximate surface area is 112 Å². The van der Waals surface area contributed by atoms with Gasteiger partial charge in [0.15, 0.2) is 5.69 Å². The number of halogens is 1. The fourth-order valence-electron chi connectivity index (χ4n) is 1.34. The Morgan fingerprint density at radius 2 is 1.89 bits per heavy atom. The molecule has 0 bridgehead atoms. The summed E-state index contributed by atoms with van der Waals surface area (Å²) in [5.74, 6) is -0.537. The summed E-state index contributed by atoms with van der Waals surface area (Å²) in [7, 11) is 0. The third-order valence-corrected chi connectivity index (χ3v) is 2.80. The molecule has 1 heterocycles. The Balaban J connectivity index is 1.97. The molecular weight excluding hydrogens is 298 g/mol. The molecule has 0 amide bonds. The maximum absolute atomic E-state index is 10.6. The van der Waals surface area contributed by atoms with Crippen molar-refractivity contribution in [3.8, 4) is 0 Å². The Kier molecular flexibility index (Phi) is 3.88. The molecule has 1 aromatic carbocycles. The van der Waals surface area contributed by atoms with Gasteiger partial charge in [-0.2, -0.15) is 0 Å². The van der Waals surface area contributed by atoms with E-state index in [2.05, 4.69) is 31.4 Å². The highest BCUT2D eigenvalue weighted by Gasteiger charge is 2.04. The molecule has 0 radical (unpaired) electrons. The molecule has 0 fully saturated rings. The molecule has 0 atom stereocenters. The topological polar surface area (TPSA) is 75.1 Å². The lowest BCUT2D eigenvalue weighted by Gasteiger charge is -2.05. The van der Waals surface area contributed by atoms with Crippen LogP contribution in [0.4, 0.5) is 5.82 Å². The van der Waals surface area contributed by atoms with Crippen LogP contribution in [0.3, 0.4) is 0 Å². The molecule has 0 unspecified atom stereocenters. The second-order valence-corrected chi connectivity index (χ2v) is 4.50. The number of carboxylic acid groups (broad SMARTS) is 1. The van der Waals surface area contributed by atoms with Crippen molar-refractivity contribution in [1.82, 2.24) is 10.2 Å². The maximum atomic E-state index is 10.6. The van der Waals surface area contributed by atoms with E-state index >= 15 is 0 Å². The van der Waals surface area contributed by atoms with E-state index in [1.165, 1.54) is 6.07 Å². The molecule has 18 heavy (non-hydrogen) atoms. The molecule has 1 aromatic heterocycles. The number of benzene rings is 1. The summed E-state index contributed by atoms with van der Waals surface area (Å²) in [6.45, 7) is 0.606. The van der Waals surface area contributed by atoms with Crippen molar-refractivity contribution in [2.75, 3.05) is 5.32 Å². The average Bonchev–Trinajstić information content (AvgIpc) is 2.38. The number of carbonyl (C=O) groups is 1. The SMILES string of the molecule is O=C(O)c1ccc(NCc2ccc(Br)cc2)nn1. The molecule has 0 aliphatic rings.